The van der Waals surface area contributed by atoms with Gasteiger partial charge in [-0.15, -0.1) is 11.3 Å². The van der Waals surface area contributed by atoms with Gasteiger partial charge in [-0.1, -0.05) is 18.6 Å². The summed E-state index contributed by atoms with van der Waals surface area (Å²) in [6.07, 6.45) is 4.57. The fourth-order valence-corrected chi connectivity index (χ4v) is 6.03. The van der Waals surface area contributed by atoms with E-state index in [2.05, 4.69) is 22.9 Å². The first kappa shape index (κ1) is 19.3. The summed E-state index contributed by atoms with van der Waals surface area (Å²) in [5, 5.41) is 1.03. The molecule has 1 fully saturated rings. The zero-order valence-electron chi connectivity index (χ0n) is 16.1. The minimum atomic E-state index is -3.42. The molecule has 0 bridgehead atoms. The fraction of sp³-hybridized carbons (Fsp3) is 0.400. The number of piperidine rings is 1. The number of thiazole rings is 1. The monoisotopic (exact) mass is 417 g/mol. The Labute approximate surface area is 169 Å². The highest BCUT2D eigenvalue weighted by Crippen LogP contribution is 2.30. The number of aromatic amines is 1. The van der Waals surface area contributed by atoms with E-state index in [4.69, 9.17) is 4.98 Å². The van der Waals surface area contributed by atoms with Crippen molar-refractivity contribution in [1.29, 1.82) is 0 Å². The molecule has 6 nitrogen and oxygen atoms in total. The van der Waals surface area contributed by atoms with Gasteiger partial charge in [0, 0.05) is 19.2 Å². The summed E-state index contributed by atoms with van der Waals surface area (Å²) in [7, 11) is -1.43. The van der Waals surface area contributed by atoms with Crippen molar-refractivity contribution in [2.75, 3.05) is 25.0 Å². The molecule has 1 aromatic carbocycles. The zero-order chi connectivity index (χ0) is 19.7. The van der Waals surface area contributed by atoms with Gasteiger partial charge in [-0.25, -0.2) is 18.4 Å². The summed E-state index contributed by atoms with van der Waals surface area (Å²) in [5.74, 6) is 0.851. The van der Waals surface area contributed by atoms with E-state index in [9.17, 15) is 8.42 Å². The number of nitrogens with one attached hydrogen (secondary N) is 1. The van der Waals surface area contributed by atoms with Crippen LogP contribution in [0.4, 0.5) is 5.82 Å². The Morgan fingerprint density at radius 1 is 1.14 bits per heavy atom. The Bertz CT molecular complexity index is 1020. The maximum absolute atomic E-state index is 12.8. The molecule has 8 heteroatoms. The molecule has 3 heterocycles. The van der Waals surface area contributed by atoms with E-state index in [0.29, 0.717) is 18.0 Å². The van der Waals surface area contributed by atoms with Gasteiger partial charge in [-0.05, 0) is 38.0 Å². The summed E-state index contributed by atoms with van der Waals surface area (Å²) < 4.78 is 28.4. The number of fused-ring (bicyclic) bond motifs is 1. The van der Waals surface area contributed by atoms with Crippen LogP contribution in [0.15, 0.2) is 47.5 Å². The maximum Gasteiger partial charge on any atom is 0.274 e. The lowest BCUT2D eigenvalue weighted by Crippen LogP contribution is -2.36. The summed E-state index contributed by atoms with van der Waals surface area (Å²) in [6.45, 7) is 3.32. The highest BCUT2D eigenvalue weighted by atomic mass is 32.2. The molecular formula is C20H25N4O2S2+. The lowest BCUT2D eigenvalue weighted by Gasteiger charge is -2.25. The molecule has 2 aromatic heterocycles. The minimum absolute atomic E-state index is 0.0678. The van der Waals surface area contributed by atoms with Crippen molar-refractivity contribution in [3.05, 3.63) is 47.6 Å². The second kappa shape index (κ2) is 7.77. The number of benzene rings is 1. The van der Waals surface area contributed by atoms with Crippen LogP contribution in [0, 0.1) is 0 Å². The van der Waals surface area contributed by atoms with Gasteiger partial charge in [0.2, 0.25) is 10.0 Å². The highest BCUT2D eigenvalue weighted by molar-refractivity contribution is 7.89. The Hall–Kier alpha value is -2.03. The zero-order valence-corrected chi connectivity index (χ0v) is 17.8. The van der Waals surface area contributed by atoms with Gasteiger partial charge in [-0.3, -0.25) is 4.90 Å². The lowest BCUT2D eigenvalue weighted by atomic mass is 10.2. The Morgan fingerprint density at radius 3 is 2.57 bits per heavy atom. The molecule has 1 aliphatic rings. The van der Waals surface area contributed by atoms with Crippen molar-refractivity contribution in [2.45, 2.75) is 37.1 Å². The third-order valence-corrected chi connectivity index (χ3v) is 8.45. The highest BCUT2D eigenvalue weighted by Gasteiger charge is 2.28. The first-order valence-electron chi connectivity index (χ1n) is 9.57. The molecule has 1 atom stereocenters. The van der Waals surface area contributed by atoms with Gasteiger partial charge < -0.3 is 0 Å². The second-order valence-electron chi connectivity index (χ2n) is 7.18. The van der Waals surface area contributed by atoms with E-state index in [0.717, 1.165) is 35.6 Å². The smallest absolute Gasteiger partial charge is 0.255 e. The van der Waals surface area contributed by atoms with Gasteiger partial charge in [0.25, 0.3) is 5.82 Å². The third kappa shape index (κ3) is 3.64. The maximum atomic E-state index is 12.8. The van der Waals surface area contributed by atoms with Crippen LogP contribution in [0.25, 0.3) is 10.2 Å². The average molecular weight is 418 g/mol. The molecule has 0 radical (unpaired) electrons. The van der Waals surface area contributed by atoms with Crippen LogP contribution >= 0.6 is 11.3 Å². The van der Waals surface area contributed by atoms with E-state index in [1.807, 2.05) is 31.3 Å². The summed E-state index contributed by atoms with van der Waals surface area (Å²) in [4.78, 5) is 10.3. The van der Waals surface area contributed by atoms with Crippen LogP contribution in [0.2, 0.25) is 0 Å². The summed E-state index contributed by atoms with van der Waals surface area (Å²) >= 11 is 1.69. The largest absolute Gasteiger partial charge is 0.274 e. The number of hydrogen-bond donors (Lipinski definition) is 0. The van der Waals surface area contributed by atoms with Crippen molar-refractivity contribution in [1.82, 2.24) is 9.29 Å². The molecule has 0 saturated carbocycles. The quantitative estimate of drug-likeness (QED) is 0.637. The van der Waals surface area contributed by atoms with Crippen molar-refractivity contribution in [2.24, 2.45) is 0 Å². The van der Waals surface area contributed by atoms with E-state index in [1.54, 1.807) is 27.9 Å². The number of anilines is 1. The molecule has 0 unspecified atom stereocenters. The SMILES string of the molecule is C[C@@H](c1nc2ccccc2s1)N(C)c1ccc(S(=O)(=O)N2CCCCC2)c[nH+]1. The number of hydrogen-bond acceptors (Lipinski definition) is 5. The molecule has 1 saturated heterocycles. The molecule has 0 spiro atoms. The summed E-state index contributed by atoms with van der Waals surface area (Å²) in [5.41, 5.74) is 1.01. The number of sulfonamides is 1. The molecule has 148 valence electrons. The van der Waals surface area contributed by atoms with Gasteiger partial charge in [-0.2, -0.15) is 4.31 Å². The molecule has 1 N–H and O–H groups in total. The first-order chi connectivity index (χ1) is 13.5. The van der Waals surface area contributed by atoms with Gasteiger partial charge in [0.05, 0.1) is 17.3 Å². The van der Waals surface area contributed by atoms with Gasteiger partial charge in [0.1, 0.15) is 22.1 Å². The lowest BCUT2D eigenvalue weighted by molar-refractivity contribution is -0.367. The Kier molecular flexibility index (Phi) is 5.35. The van der Waals surface area contributed by atoms with Crippen molar-refractivity contribution < 1.29 is 13.4 Å². The van der Waals surface area contributed by atoms with Gasteiger partial charge >= 0.3 is 0 Å². The Morgan fingerprint density at radius 2 is 1.89 bits per heavy atom. The number of rotatable bonds is 5. The number of pyridine rings is 1. The minimum Gasteiger partial charge on any atom is -0.255 e. The molecule has 3 aromatic rings. The molecular weight excluding hydrogens is 392 g/mol. The third-order valence-electron chi connectivity index (χ3n) is 5.35. The van der Waals surface area contributed by atoms with Crippen LogP contribution in [0.3, 0.4) is 0 Å². The van der Waals surface area contributed by atoms with Crippen molar-refractivity contribution in [3.63, 3.8) is 0 Å². The van der Waals surface area contributed by atoms with Gasteiger partial charge in [0.15, 0.2) is 0 Å². The fourth-order valence-electron chi connectivity index (χ4n) is 3.48. The van der Waals surface area contributed by atoms with E-state index in [1.165, 1.54) is 4.70 Å². The van der Waals surface area contributed by atoms with Crippen molar-refractivity contribution >= 4 is 37.4 Å². The number of para-hydroxylation sites is 1. The van der Waals surface area contributed by atoms with Crippen molar-refractivity contribution in [3.8, 4) is 0 Å². The van der Waals surface area contributed by atoms with Crippen LogP contribution in [-0.2, 0) is 10.0 Å². The molecule has 28 heavy (non-hydrogen) atoms. The van der Waals surface area contributed by atoms with Crippen LogP contribution in [0.5, 0.6) is 0 Å². The second-order valence-corrected chi connectivity index (χ2v) is 10.2. The Balaban J connectivity index is 1.54. The number of nitrogens with zero attached hydrogens (tertiary/aromatic N) is 3. The molecule has 0 amide bonds. The number of H-pyrrole nitrogens is 1. The average Bonchev–Trinajstić information content (AvgIpc) is 3.17. The molecule has 0 aliphatic carbocycles. The van der Waals surface area contributed by atoms with Crippen LogP contribution < -0.4 is 9.88 Å². The number of aromatic nitrogens is 2. The normalized spacial score (nSPS) is 16.9. The first-order valence-corrected chi connectivity index (χ1v) is 11.8. The topological polar surface area (TPSA) is 67.7 Å². The predicted molar refractivity (Wildman–Crippen MR) is 112 cm³/mol. The van der Waals surface area contributed by atoms with E-state index >= 15 is 0 Å². The van der Waals surface area contributed by atoms with Crippen LogP contribution in [0.1, 0.15) is 37.2 Å². The summed E-state index contributed by atoms with van der Waals surface area (Å²) in [6, 6.07) is 11.7. The standard InChI is InChI=1S/C20H24N4O2S2/c1-15(20-22-17-8-4-5-9-18(17)27-20)23(2)19-11-10-16(14-21-19)28(25,26)24-12-6-3-7-13-24/h4-5,8-11,14-15H,3,6-7,12-13H2,1-2H3/p+1/t15-/m0/s1. The predicted octanol–water partition coefficient (Wildman–Crippen LogP) is 3.48. The molecule has 4 rings (SSSR count). The van der Waals surface area contributed by atoms with Crippen LogP contribution in [-0.4, -0.2) is 37.8 Å². The molecule has 1 aliphatic heterocycles. The van der Waals surface area contributed by atoms with E-state index in [-0.39, 0.29) is 6.04 Å². The van der Waals surface area contributed by atoms with E-state index < -0.39 is 10.0 Å².